The fourth-order valence-corrected chi connectivity index (χ4v) is 3.67. The molecule has 128 valence electrons. The Hall–Kier alpha value is -2.76. The summed E-state index contributed by atoms with van der Waals surface area (Å²) in [6.45, 7) is 1.77. The highest BCUT2D eigenvalue weighted by Gasteiger charge is 2.41. The molecule has 0 unspecified atom stereocenters. The number of nitrogens with one attached hydrogen (secondary N) is 1. The van der Waals surface area contributed by atoms with Crippen molar-refractivity contribution >= 4 is 16.8 Å². The molecule has 3 aromatic rings. The van der Waals surface area contributed by atoms with E-state index in [4.69, 9.17) is 4.52 Å². The summed E-state index contributed by atoms with van der Waals surface area (Å²) in [7, 11) is 0. The summed E-state index contributed by atoms with van der Waals surface area (Å²) in [6, 6.07) is 9.82. The lowest BCUT2D eigenvalue weighted by atomic mass is 9.95. The number of benzene rings is 1. The van der Waals surface area contributed by atoms with E-state index in [1.165, 1.54) is 0 Å². The monoisotopic (exact) mass is 336 g/mol. The maximum atomic E-state index is 12.8. The molecule has 1 fully saturated rings. The van der Waals surface area contributed by atoms with Crippen molar-refractivity contribution in [1.82, 2.24) is 20.4 Å². The number of nitrogens with zero attached hydrogens (tertiary/aromatic N) is 3. The van der Waals surface area contributed by atoms with E-state index in [-0.39, 0.29) is 12.3 Å². The number of carbonyl (C=O) groups excluding carboxylic acids is 1. The summed E-state index contributed by atoms with van der Waals surface area (Å²) < 4.78 is 5.14. The molecule has 2 aromatic heterocycles. The number of aromatic nitrogens is 3. The Balaban J connectivity index is 1.58. The van der Waals surface area contributed by atoms with Crippen LogP contribution in [-0.4, -0.2) is 21.0 Å². The second-order valence-corrected chi connectivity index (χ2v) is 6.64. The van der Waals surface area contributed by atoms with Crippen LogP contribution in [0, 0.1) is 6.92 Å². The van der Waals surface area contributed by atoms with Gasteiger partial charge in [0, 0.05) is 18.5 Å². The summed E-state index contributed by atoms with van der Waals surface area (Å²) in [6.07, 6.45) is 5.81. The largest absolute Gasteiger partial charge is 0.343 e. The quantitative estimate of drug-likeness (QED) is 0.792. The van der Waals surface area contributed by atoms with Crippen LogP contribution in [0.25, 0.3) is 10.9 Å². The maximum absolute atomic E-state index is 12.8. The fraction of sp³-hybridized carbons (Fsp3) is 0.368. The van der Waals surface area contributed by atoms with Crippen molar-refractivity contribution in [3.05, 3.63) is 53.8 Å². The van der Waals surface area contributed by atoms with Crippen LogP contribution in [0.5, 0.6) is 0 Å². The molecule has 1 aliphatic carbocycles. The Labute approximate surface area is 145 Å². The molecule has 0 bridgehead atoms. The van der Waals surface area contributed by atoms with Crippen LogP contribution in [0.1, 0.15) is 43.0 Å². The molecule has 1 aliphatic rings. The van der Waals surface area contributed by atoms with E-state index in [2.05, 4.69) is 20.4 Å². The highest BCUT2D eigenvalue weighted by atomic mass is 16.5. The predicted octanol–water partition coefficient (Wildman–Crippen LogP) is 3.05. The molecular formula is C19H20N4O2. The van der Waals surface area contributed by atoms with Gasteiger partial charge < -0.3 is 9.84 Å². The van der Waals surface area contributed by atoms with E-state index in [0.717, 1.165) is 42.1 Å². The van der Waals surface area contributed by atoms with E-state index in [1.54, 1.807) is 13.1 Å². The predicted molar refractivity (Wildman–Crippen MR) is 92.8 cm³/mol. The summed E-state index contributed by atoms with van der Waals surface area (Å²) in [4.78, 5) is 21.6. The van der Waals surface area contributed by atoms with Crippen molar-refractivity contribution in [2.24, 2.45) is 0 Å². The first-order valence-electron chi connectivity index (χ1n) is 8.61. The molecule has 0 saturated heterocycles. The Bertz CT molecular complexity index is 907. The van der Waals surface area contributed by atoms with Gasteiger partial charge in [-0.25, -0.2) is 0 Å². The van der Waals surface area contributed by atoms with Gasteiger partial charge in [-0.3, -0.25) is 9.78 Å². The summed E-state index contributed by atoms with van der Waals surface area (Å²) >= 11 is 0. The highest BCUT2D eigenvalue weighted by molar-refractivity contribution is 5.87. The lowest BCUT2D eigenvalue weighted by molar-refractivity contribution is -0.122. The van der Waals surface area contributed by atoms with Crippen LogP contribution >= 0.6 is 0 Å². The summed E-state index contributed by atoms with van der Waals surface area (Å²) in [5, 5.41) is 8.29. The van der Waals surface area contributed by atoms with Gasteiger partial charge in [-0.15, -0.1) is 0 Å². The van der Waals surface area contributed by atoms with Crippen LogP contribution in [0.2, 0.25) is 0 Å². The van der Waals surface area contributed by atoms with Crippen molar-refractivity contribution in [3.8, 4) is 0 Å². The molecule has 25 heavy (non-hydrogen) atoms. The molecule has 1 N–H and O–H groups in total. The Kier molecular flexibility index (Phi) is 3.95. The summed E-state index contributed by atoms with van der Waals surface area (Å²) in [5.41, 5.74) is 1.29. The van der Waals surface area contributed by atoms with Crippen LogP contribution in [0.15, 0.2) is 41.1 Å². The number of pyridine rings is 1. The zero-order chi connectivity index (χ0) is 17.3. The molecule has 0 aliphatic heterocycles. The van der Waals surface area contributed by atoms with Crippen molar-refractivity contribution < 1.29 is 9.32 Å². The second-order valence-electron chi connectivity index (χ2n) is 6.64. The molecule has 0 radical (unpaired) electrons. The van der Waals surface area contributed by atoms with Crippen LogP contribution in [-0.2, 0) is 16.8 Å². The SMILES string of the molecule is Cc1nc(C2(NC(=O)Cc3cccc4cccnc34)CCCC2)no1. The van der Waals surface area contributed by atoms with E-state index in [1.807, 2.05) is 30.3 Å². The van der Waals surface area contributed by atoms with Crippen molar-refractivity contribution in [2.75, 3.05) is 0 Å². The Morgan fingerprint density at radius 3 is 2.80 bits per heavy atom. The Morgan fingerprint density at radius 1 is 1.24 bits per heavy atom. The van der Waals surface area contributed by atoms with Crippen molar-refractivity contribution in [2.45, 2.75) is 44.6 Å². The van der Waals surface area contributed by atoms with Gasteiger partial charge in [0.15, 0.2) is 5.82 Å². The minimum atomic E-state index is -0.507. The first kappa shape index (κ1) is 15.7. The second kappa shape index (κ2) is 6.27. The van der Waals surface area contributed by atoms with Crippen LogP contribution < -0.4 is 5.32 Å². The number of para-hydroxylation sites is 1. The van der Waals surface area contributed by atoms with Gasteiger partial charge in [0.25, 0.3) is 0 Å². The Morgan fingerprint density at radius 2 is 2.04 bits per heavy atom. The van der Waals surface area contributed by atoms with Gasteiger partial charge in [0.1, 0.15) is 5.54 Å². The number of aryl methyl sites for hydroxylation is 1. The van der Waals surface area contributed by atoms with Gasteiger partial charge >= 0.3 is 0 Å². The van der Waals surface area contributed by atoms with E-state index in [0.29, 0.717) is 11.7 Å². The average molecular weight is 336 g/mol. The minimum absolute atomic E-state index is 0.0393. The third kappa shape index (κ3) is 2.99. The number of amides is 1. The topological polar surface area (TPSA) is 80.9 Å². The lowest BCUT2D eigenvalue weighted by Gasteiger charge is -2.26. The third-order valence-corrected chi connectivity index (χ3v) is 4.86. The molecule has 0 atom stereocenters. The smallest absolute Gasteiger partial charge is 0.225 e. The summed E-state index contributed by atoms with van der Waals surface area (Å²) in [5.74, 6) is 1.07. The van der Waals surface area contributed by atoms with Crippen LogP contribution in [0.3, 0.4) is 0 Å². The molecule has 1 aromatic carbocycles. The molecule has 6 nitrogen and oxygen atoms in total. The van der Waals surface area contributed by atoms with Gasteiger partial charge in [-0.2, -0.15) is 4.98 Å². The number of rotatable bonds is 4. The van der Waals surface area contributed by atoms with Crippen molar-refractivity contribution in [3.63, 3.8) is 0 Å². The highest BCUT2D eigenvalue weighted by Crippen LogP contribution is 2.37. The number of hydrogen-bond donors (Lipinski definition) is 1. The first-order chi connectivity index (χ1) is 12.2. The van der Waals surface area contributed by atoms with Gasteiger partial charge in [-0.1, -0.05) is 42.3 Å². The van der Waals surface area contributed by atoms with Crippen molar-refractivity contribution in [1.29, 1.82) is 0 Å². The number of fused-ring (bicyclic) bond motifs is 1. The molecule has 1 amide bonds. The molecule has 2 heterocycles. The van der Waals surface area contributed by atoms with E-state index in [9.17, 15) is 4.79 Å². The average Bonchev–Trinajstić information content (AvgIpc) is 3.25. The molecule has 1 saturated carbocycles. The van der Waals surface area contributed by atoms with Gasteiger partial charge in [0.05, 0.1) is 11.9 Å². The van der Waals surface area contributed by atoms with Crippen LogP contribution in [0.4, 0.5) is 0 Å². The zero-order valence-electron chi connectivity index (χ0n) is 14.2. The normalized spacial score (nSPS) is 16.2. The fourth-order valence-electron chi connectivity index (χ4n) is 3.67. The van der Waals surface area contributed by atoms with Gasteiger partial charge in [-0.05, 0) is 24.5 Å². The number of carbonyl (C=O) groups is 1. The van der Waals surface area contributed by atoms with E-state index >= 15 is 0 Å². The van der Waals surface area contributed by atoms with Gasteiger partial charge in [0.2, 0.25) is 11.8 Å². The third-order valence-electron chi connectivity index (χ3n) is 4.86. The van der Waals surface area contributed by atoms with E-state index < -0.39 is 5.54 Å². The molecule has 4 rings (SSSR count). The maximum Gasteiger partial charge on any atom is 0.225 e. The lowest BCUT2D eigenvalue weighted by Crippen LogP contribution is -2.45. The number of hydrogen-bond acceptors (Lipinski definition) is 5. The zero-order valence-corrected chi connectivity index (χ0v) is 14.2. The molecule has 0 spiro atoms. The standard InChI is InChI=1S/C19H20N4O2/c1-13-21-18(23-25-13)19(9-2-3-10-19)22-16(24)12-15-7-4-6-14-8-5-11-20-17(14)15/h4-8,11H,2-3,9-10,12H2,1H3,(H,22,24). The minimum Gasteiger partial charge on any atom is -0.343 e. The first-order valence-corrected chi connectivity index (χ1v) is 8.61. The molecular weight excluding hydrogens is 316 g/mol. The molecule has 6 heteroatoms.